The number of carbonyl (C=O) groups is 3. The fraction of sp³-hybridized carbons (Fsp3) is 0.667. The summed E-state index contributed by atoms with van der Waals surface area (Å²) in [6.07, 6.45) is 76.5. The van der Waals surface area contributed by atoms with Gasteiger partial charge >= 0.3 is 17.9 Å². The van der Waals surface area contributed by atoms with Crippen molar-refractivity contribution in [3.63, 3.8) is 0 Å². The molecule has 0 radical (unpaired) electrons. The van der Waals surface area contributed by atoms with E-state index in [2.05, 4.69) is 130 Å². The average molecular weight is 958 g/mol. The average Bonchev–Trinajstić information content (AvgIpc) is 3.35. The molecule has 6 nitrogen and oxygen atoms in total. The summed E-state index contributed by atoms with van der Waals surface area (Å²) in [4.78, 5) is 38.1. The van der Waals surface area contributed by atoms with Crippen LogP contribution in [0.15, 0.2) is 109 Å². The lowest BCUT2D eigenvalue weighted by atomic mass is 10.1. The minimum Gasteiger partial charge on any atom is -0.462 e. The van der Waals surface area contributed by atoms with Crippen LogP contribution >= 0.6 is 0 Å². The molecule has 0 aliphatic heterocycles. The highest BCUT2D eigenvalue weighted by molar-refractivity contribution is 5.71. The molecule has 0 fully saturated rings. The molecule has 392 valence electrons. The number of rotatable bonds is 50. The van der Waals surface area contributed by atoms with Crippen LogP contribution in [-0.2, 0) is 28.6 Å². The maximum Gasteiger partial charge on any atom is 0.306 e. The number of esters is 3. The molecule has 0 amide bonds. The molecule has 0 unspecified atom stereocenters. The summed E-state index contributed by atoms with van der Waals surface area (Å²) >= 11 is 0. The molecule has 0 aromatic rings. The van der Waals surface area contributed by atoms with Gasteiger partial charge in [0, 0.05) is 19.3 Å². The van der Waals surface area contributed by atoms with Gasteiger partial charge in [0.15, 0.2) is 6.10 Å². The molecular formula is C63H104O6. The molecule has 0 spiro atoms. The van der Waals surface area contributed by atoms with Crippen molar-refractivity contribution in [2.75, 3.05) is 13.2 Å². The topological polar surface area (TPSA) is 78.9 Å². The van der Waals surface area contributed by atoms with Gasteiger partial charge in [-0.25, -0.2) is 0 Å². The standard InChI is InChI=1S/C63H104O6/c1-4-7-10-13-16-19-22-25-28-30-31-33-36-39-42-45-48-51-54-57-63(66)69-60(58-67-61(64)55-52-49-46-43-40-37-34-27-24-21-18-15-12-9-6-3)59-68-62(65)56-53-50-47-44-41-38-35-32-29-26-23-20-17-14-11-8-5-2/h7,10,16,19,21,24-26,28-29,31,33,35,38-39,42,44,47,60H,4-6,8-9,11-15,17-18,20,22-23,27,30,32,34,36-37,40-41,43,45-46,48-59H2,1-3H3/b10-7-,19-16-,24-21-,28-25-,29-26-,33-31-,38-35-,42-39-,47-44-/t60-/m0/s1. The summed E-state index contributed by atoms with van der Waals surface area (Å²) in [5.74, 6) is -1.00. The molecule has 0 heterocycles. The highest BCUT2D eigenvalue weighted by atomic mass is 16.6. The van der Waals surface area contributed by atoms with Crippen LogP contribution in [0.1, 0.15) is 252 Å². The van der Waals surface area contributed by atoms with Crippen molar-refractivity contribution in [3.8, 4) is 0 Å². The van der Waals surface area contributed by atoms with Crippen molar-refractivity contribution in [3.05, 3.63) is 109 Å². The number of carbonyl (C=O) groups excluding carboxylic acids is 3. The summed E-state index contributed by atoms with van der Waals surface area (Å²) in [5, 5.41) is 0. The maximum atomic E-state index is 12.8. The molecule has 0 aromatic carbocycles. The van der Waals surface area contributed by atoms with Crippen LogP contribution in [0.4, 0.5) is 0 Å². The van der Waals surface area contributed by atoms with Crippen molar-refractivity contribution in [2.45, 2.75) is 258 Å². The van der Waals surface area contributed by atoms with E-state index in [-0.39, 0.29) is 44.0 Å². The number of ether oxygens (including phenoxy) is 3. The second-order valence-corrected chi connectivity index (χ2v) is 18.5. The van der Waals surface area contributed by atoms with E-state index in [9.17, 15) is 14.4 Å². The number of hydrogen-bond acceptors (Lipinski definition) is 6. The first-order chi connectivity index (χ1) is 34.0. The van der Waals surface area contributed by atoms with Gasteiger partial charge in [0.1, 0.15) is 13.2 Å². The Labute approximate surface area is 425 Å². The molecule has 0 aliphatic rings. The van der Waals surface area contributed by atoms with Crippen molar-refractivity contribution >= 4 is 17.9 Å². The highest BCUT2D eigenvalue weighted by Crippen LogP contribution is 2.13. The van der Waals surface area contributed by atoms with E-state index in [0.29, 0.717) is 19.3 Å². The Morgan fingerprint density at radius 1 is 0.304 bits per heavy atom. The Bertz CT molecular complexity index is 1420. The monoisotopic (exact) mass is 957 g/mol. The predicted octanol–water partition coefficient (Wildman–Crippen LogP) is 19.1. The third kappa shape index (κ3) is 54.9. The highest BCUT2D eigenvalue weighted by Gasteiger charge is 2.19. The van der Waals surface area contributed by atoms with Gasteiger partial charge in [-0.1, -0.05) is 220 Å². The Kier molecular flexibility index (Phi) is 53.4. The Morgan fingerprint density at radius 3 is 0.986 bits per heavy atom. The zero-order valence-electron chi connectivity index (χ0n) is 44.8. The number of hydrogen-bond donors (Lipinski definition) is 0. The van der Waals surface area contributed by atoms with Gasteiger partial charge in [0.05, 0.1) is 0 Å². The molecule has 0 aliphatic carbocycles. The molecular weight excluding hydrogens is 853 g/mol. The van der Waals surface area contributed by atoms with Crippen molar-refractivity contribution in [1.29, 1.82) is 0 Å². The Hall–Kier alpha value is -3.93. The predicted molar refractivity (Wildman–Crippen MR) is 297 cm³/mol. The molecule has 0 saturated heterocycles. The maximum absolute atomic E-state index is 12.8. The van der Waals surface area contributed by atoms with Crippen LogP contribution in [0.3, 0.4) is 0 Å². The second kappa shape index (κ2) is 56.7. The lowest BCUT2D eigenvalue weighted by Gasteiger charge is -2.18. The van der Waals surface area contributed by atoms with Gasteiger partial charge in [-0.05, 0) is 122 Å². The fourth-order valence-electron chi connectivity index (χ4n) is 7.48. The molecule has 0 rings (SSSR count). The van der Waals surface area contributed by atoms with E-state index >= 15 is 0 Å². The molecule has 6 heteroatoms. The molecule has 69 heavy (non-hydrogen) atoms. The fourth-order valence-corrected chi connectivity index (χ4v) is 7.48. The van der Waals surface area contributed by atoms with Gasteiger partial charge in [-0.2, -0.15) is 0 Å². The second-order valence-electron chi connectivity index (χ2n) is 18.5. The summed E-state index contributed by atoms with van der Waals surface area (Å²) in [7, 11) is 0. The van der Waals surface area contributed by atoms with Crippen LogP contribution in [0, 0.1) is 0 Å². The molecule has 0 aromatic heterocycles. The summed E-state index contributed by atoms with van der Waals surface area (Å²) in [6, 6.07) is 0. The Morgan fingerprint density at radius 2 is 0.580 bits per heavy atom. The Balaban J connectivity index is 4.54. The minimum absolute atomic E-state index is 0.111. The lowest BCUT2D eigenvalue weighted by Crippen LogP contribution is -2.30. The largest absolute Gasteiger partial charge is 0.462 e. The van der Waals surface area contributed by atoms with E-state index in [4.69, 9.17) is 14.2 Å². The van der Waals surface area contributed by atoms with Gasteiger partial charge in [0.2, 0.25) is 0 Å². The summed E-state index contributed by atoms with van der Waals surface area (Å²) in [5.41, 5.74) is 0. The van der Waals surface area contributed by atoms with E-state index < -0.39 is 6.10 Å². The zero-order valence-corrected chi connectivity index (χ0v) is 44.8. The van der Waals surface area contributed by atoms with Crippen LogP contribution in [0.5, 0.6) is 0 Å². The quantitative estimate of drug-likeness (QED) is 0.0262. The van der Waals surface area contributed by atoms with Gasteiger partial charge in [-0.3, -0.25) is 14.4 Å². The normalized spacial score (nSPS) is 12.9. The summed E-state index contributed by atoms with van der Waals surface area (Å²) in [6.45, 7) is 6.43. The number of allylic oxidation sites excluding steroid dienone is 18. The van der Waals surface area contributed by atoms with Crippen molar-refractivity contribution < 1.29 is 28.6 Å². The summed E-state index contributed by atoms with van der Waals surface area (Å²) < 4.78 is 16.8. The molecule has 0 saturated carbocycles. The van der Waals surface area contributed by atoms with E-state index in [0.717, 1.165) is 89.9 Å². The van der Waals surface area contributed by atoms with Crippen LogP contribution in [0.25, 0.3) is 0 Å². The first kappa shape index (κ1) is 65.1. The smallest absolute Gasteiger partial charge is 0.306 e. The van der Waals surface area contributed by atoms with Crippen LogP contribution < -0.4 is 0 Å². The third-order valence-corrected chi connectivity index (χ3v) is 11.7. The van der Waals surface area contributed by atoms with Crippen molar-refractivity contribution in [1.82, 2.24) is 0 Å². The third-order valence-electron chi connectivity index (χ3n) is 11.7. The number of unbranched alkanes of at least 4 members (excludes halogenated alkanes) is 21. The van der Waals surface area contributed by atoms with E-state index in [1.165, 1.54) is 109 Å². The SMILES string of the molecule is CC/C=C\C/C=C\C/C=C\C/C=C\C/C=C\CCCCCC(=O)O[C@H](COC(=O)CCC/C=C\C/C=C\C/C=C\CCCCCCCC)COC(=O)CCCCCCCCC/C=C\CCCCCC. The minimum atomic E-state index is -0.820. The molecule has 0 bridgehead atoms. The van der Waals surface area contributed by atoms with Crippen LogP contribution in [-0.4, -0.2) is 37.2 Å². The van der Waals surface area contributed by atoms with Gasteiger partial charge < -0.3 is 14.2 Å². The van der Waals surface area contributed by atoms with Crippen LogP contribution in [0.2, 0.25) is 0 Å². The van der Waals surface area contributed by atoms with Crippen molar-refractivity contribution in [2.24, 2.45) is 0 Å². The van der Waals surface area contributed by atoms with E-state index in [1.54, 1.807) is 0 Å². The van der Waals surface area contributed by atoms with Gasteiger partial charge in [-0.15, -0.1) is 0 Å². The molecule has 0 N–H and O–H groups in total. The van der Waals surface area contributed by atoms with E-state index in [1.807, 2.05) is 0 Å². The zero-order chi connectivity index (χ0) is 50.0. The lowest BCUT2D eigenvalue weighted by molar-refractivity contribution is -0.167. The molecule has 1 atom stereocenters. The first-order valence-corrected chi connectivity index (χ1v) is 28.4. The first-order valence-electron chi connectivity index (χ1n) is 28.4. The van der Waals surface area contributed by atoms with Gasteiger partial charge in [0.25, 0.3) is 0 Å².